The highest BCUT2D eigenvalue weighted by molar-refractivity contribution is 6.06. The van der Waals surface area contributed by atoms with E-state index in [0.717, 1.165) is 0 Å². The number of pyridine rings is 1. The van der Waals surface area contributed by atoms with Gasteiger partial charge in [0.05, 0.1) is 18.8 Å². The third-order valence-corrected chi connectivity index (χ3v) is 3.65. The molecule has 7 heteroatoms. The van der Waals surface area contributed by atoms with Gasteiger partial charge in [0.1, 0.15) is 34.9 Å². The molecule has 23 heavy (non-hydrogen) atoms. The van der Waals surface area contributed by atoms with Crippen molar-refractivity contribution >= 4 is 17.4 Å². The summed E-state index contributed by atoms with van der Waals surface area (Å²) < 4.78 is 5.30. The van der Waals surface area contributed by atoms with Gasteiger partial charge in [-0.05, 0) is 0 Å². The maximum atomic E-state index is 12.8. The van der Waals surface area contributed by atoms with Crippen LogP contribution in [0, 0.1) is 28.1 Å². The topological polar surface area (TPSA) is 116 Å². The van der Waals surface area contributed by atoms with Gasteiger partial charge in [-0.3, -0.25) is 4.79 Å². The Morgan fingerprint density at radius 3 is 2.26 bits per heavy atom. The first-order valence-corrected chi connectivity index (χ1v) is 7.32. The molecule has 0 spiro atoms. The second kappa shape index (κ2) is 6.23. The number of ketones is 1. The summed E-state index contributed by atoms with van der Waals surface area (Å²) in [5.74, 6) is 0.0229. The highest BCUT2D eigenvalue weighted by atomic mass is 16.5. The summed E-state index contributed by atoms with van der Waals surface area (Å²) in [5, 5.41) is 19.0. The second-order valence-corrected chi connectivity index (χ2v) is 6.35. The van der Waals surface area contributed by atoms with E-state index in [-0.39, 0.29) is 28.3 Å². The van der Waals surface area contributed by atoms with Gasteiger partial charge in [0.15, 0.2) is 5.78 Å². The van der Waals surface area contributed by atoms with Gasteiger partial charge in [-0.25, -0.2) is 4.98 Å². The average Bonchev–Trinajstić information content (AvgIpc) is 2.53. The van der Waals surface area contributed by atoms with Gasteiger partial charge >= 0.3 is 0 Å². The second-order valence-electron chi connectivity index (χ2n) is 6.35. The molecule has 120 valence electrons. The number of anilines is 2. The minimum absolute atomic E-state index is 0.0272. The monoisotopic (exact) mass is 313 g/mol. The summed E-state index contributed by atoms with van der Waals surface area (Å²) in [4.78, 5) is 18.9. The lowest BCUT2D eigenvalue weighted by Gasteiger charge is -2.30. The summed E-state index contributed by atoms with van der Waals surface area (Å²) in [6.45, 7) is 7.34. The fourth-order valence-corrected chi connectivity index (χ4v) is 2.42. The van der Waals surface area contributed by atoms with Gasteiger partial charge in [-0.15, -0.1) is 0 Å². The standard InChI is InChI=1S/C16H19N5O2/c1-16(2,3)13(22)12-10(8-17)14(19)20-15(11(12)9-18)21-4-6-23-7-5-21/h4-7H2,1-3H3,(H2,19,20). The number of morpholine rings is 1. The van der Waals surface area contributed by atoms with Gasteiger partial charge in [0.25, 0.3) is 0 Å². The Bertz CT molecular complexity index is 716. The molecule has 2 heterocycles. The van der Waals surface area contributed by atoms with Crippen molar-refractivity contribution in [1.82, 2.24) is 4.98 Å². The lowest BCUT2D eigenvalue weighted by molar-refractivity contribution is 0.0857. The van der Waals surface area contributed by atoms with Crippen molar-refractivity contribution in [1.29, 1.82) is 10.5 Å². The highest BCUT2D eigenvalue weighted by Gasteiger charge is 2.32. The van der Waals surface area contributed by atoms with E-state index in [0.29, 0.717) is 32.1 Å². The lowest BCUT2D eigenvalue weighted by atomic mass is 9.83. The molecule has 1 aromatic rings. The van der Waals surface area contributed by atoms with E-state index in [1.807, 2.05) is 17.0 Å². The van der Waals surface area contributed by atoms with Gasteiger partial charge in [-0.2, -0.15) is 10.5 Å². The zero-order valence-corrected chi connectivity index (χ0v) is 13.5. The molecule has 0 radical (unpaired) electrons. The van der Waals surface area contributed by atoms with E-state index in [2.05, 4.69) is 4.98 Å². The van der Waals surface area contributed by atoms with Crippen molar-refractivity contribution in [3.8, 4) is 12.1 Å². The number of nitriles is 2. The summed E-state index contributed by atoms with van der Waals surface area (Å²) in [7, 11) is 0. The van der Waals surface area contributed by atoms with Crippen LogP contribution in [0.3, 0.4) is 0 Å². The minimum Gasteiger partial charge on any atom is -0.383 e. The zero-order chi connectivity index (χ0) is 17.2. The van der Waals surface area contributed by atoms with Crippen LogP contribution in [0.5, 0.6) is 0 Å². The number of carbonyl (C=O) groups is 1. The molecule has 2 rings (SSSR count). The Morgan fingerprint density at radius 1 is 1.22 bits per heavy atom. The molecule has 0 aliphatic carbocycles. The first-order valence-electron chi connectivity index (χ1n) is 7.32. The van der Waals surface area contributed by atoms with Crippen LogP contribution < -0.4 is 10.6 Å². The number of aromatic nitrogens is 1. The molecule has 0 amide bonds. The normalized spacial score (nSPS) is 14.9. The van der Waals surface area contributed by atoms with Crippen molar-refractivity contribution < 1.29 is 9.53 Å². The SMILES string of the molecule is CC(C)(C)C(=O)c1c(C#N)c(N)nc(N2CCOCC2)c1C#N. The Morgan fingerprint density at radius 2 is 1.78 bits per heavy atom. The molecule has 0 aromatic carbocycles. The fraction of sp³-hybridized carbons (Fsp3) is 0.500. The molecule has 7 nitrogen and oxygen atoms in total. The Balaban J connectivity index is 2.72. The van der Waals surface area contributed by atoms with Crippen molar-refractivity contribution in [2.24, 2.45) is 5.41 Å². The van der Waals surface area contributed by atoms with Crippen LogP contribution in [0.2, 0.25) is 0 Å². The zero-order valence-electron chi connectivity index (χ0n) is 13.5. The Labute approximate surface area is 135 Å². The number of Topliss-reactive ketones (excluding diaryl/α,β-unsaturated/α-hetero) is 1. The summed E-state index contributed by atoms with van der Waals surface area (Å²) in [6.07, 6.45) is 0. The minimum atomic E-state index is -0.743. The average molecular weight is 313 g/mol. The molecular formula is C16H19N5O2. The van der Waals surface area contributed by atoms with Crippen LogP contribution in [-0.4, -0.2) is 37.1 Å². The summed E-state index contributed by atoms with van der Waals surface area (Å²) >= 11 is 0. The molecule has 0 unspecified atom stereocenters. The summed E-state index contributed by atoms with van der Waals surface area (Å²) in [5.41, 5.74) is 5.29. The highest BCUT2D eigenvalue weighted by Crippen LogP contribution is 2.32. The largest absolute Gasteiger partial charge is 0.383 e. The number of nitrogens with two attached hydrogens (primary N) is 1. The van der Waals surface area contributed by atoms with Crippen molar-refractivity contribution in [2.45, 2.75) is 20.8 Å². The molecular weight excluding hydrogens is 294 g/mol. The van der Waals surface area contributed by atoms with E-state index < -0.39 is 5.41 Å². The third kappa shape index (κ3) is 3.10. The number of nitrogen functional groups attached to an aromatic ring is 1. The van der Waals surface area contributed by atoms with Crippen LogP contribution in [0.1, 0.15) is 42.3 Å². The number of nitrogens with zero attached hydrogens (tertiary/aromatic N) is 4. The van der Waals surface area contributed by atoms with Crippen LogP contribution in [0.15, 0.2) is 0 Å². The molecule has 2 N–H and O–H groups in total. The number of carbonyl (C=O) groups excluding carboxylic acids is 1. The maximum Gasteiger partial charge on any atom is 0.171 e. The van der Waals surface area contributed by atoms with Gasteiger partial charge in [0, 0.05) is 18.5 Å². The predicted octanol–water partition coefficient (Wildman–Crippen LogP) is 1.47. The van der Waals surface area contributed by atoms with Gasteiger partial charge in [0.2, 0.25) is 0 Å². The van der Waals surface area contributed by atoms with Crippen molar-refractivity contribution in [3.05, 3.63) is 16.7 Å². The number of rotatable bonds is 2. The number of ether oxygens (including phenoxy) is 1. The van der Waals surface area contributed by atoms with Gasteiger partial charge in [-0.1, -0.05) is 20.8 Å². The molecule has 0 saturated carbocycles. The fourth-order valence-electron chi connectivity index (χ4n) is 2.42. The summed E-state index contributed by atoms with van der Waals surface area (Å²) in [6, 6.07) is 3.96. The third-order valence-electron chi connectivity index (χ3n) is 3.65. The van der Waals surface area contributed by atoms with E-state index in [1.165, 1.54) is 0 Å². The van der Waals surface area contributed by atoms with Crippen LogP contribution in [0.4, 0.5) is 11.6 Å². The quantitative estimate of drug-likeness (QED) is 0.822. The number of hydrogen-bond acceptors (Lipinski definition) is 7. The van der Waals surface area contributed by atoms with Crippen LogP contribution in [-0.2, 0) is 4.74 Å². The van der Waals surface area contributed by atoms with E-state index in [4.69, 9.17) is 10.5 Å². The van der Waals surface area contributed by atoms with E-state index >= 15 is 0 Å². The smallest absolute Gasteiger partial charge is 0.171 e. The van der Waals surface area contributed by atoms with Crippen molar-refractivity contribution in [3.63, 3.8) is 0 Å². The van der Waals surface area contributed by atoms with Crippen LogP contribution >= 0.6 is 0 Å². The maximum absolute atomic E-state index is 12.8. The molecule has 0 bridgehead atoms. The molecule has 1 aliphatic rings. The van der Waals surface area contributed by atoms with Crippen molar-refractivity contribution in [2.75, 3.05) is 36.9 Å². The molecule has 1 fully saturated rings. The van der Waals surface area contributed by atoms with Gasteiger partial charge < -0.3 is 15.4 Å². The first kappa shape index (κ1) is 16.7. The first-order chi connectivity index (χ1) is 10.8. The lowest BCUT2D eigenvalue weighted by Crippen LogP contribution is -2.38. The van der Waals surface area contributed by atoms with E-state index in [9.17, 15) is 15.3 Å². The number of hydrogen-bond donors (Lipinski definition) is 1. The molecule has 1 saturated heterocycles. The molecule has 0 atom stereocenters. The molecule has 1 aromatic heterocycles. The van der Waals surface area contributed by atoms with Crippen LogP contribution in [0.25, 0.3) is 0 Å². The molecule has 1 aliphatic heterocycles. The van der Waals surface area contributed by atoms with E-state index in [1.54, 1.807) is 20.8 Å². The predicted molar refractivity (Wildman–Crippen MR) is 84.9 cm³/mol. The Hall–Kier alpha value is -2.64. The Kier molecular flexibility index (Phi) is 4.53.